The van der Waals surface area contributed by atoms with Gasteiger partial charge in [0.1, 0.15) is 11.6 Å². The largest absolute Gasteiger partial charge is 0.459 e. The van der Waals surface area contributed by atoms with Crippen LogP contribution in [0.4, 0.5) is 0 Å². The molecular formula is C14H29NO2. The molecule has 0 saturated heterocycles. The van der Waals surface area contributed by atoms with Crippen molar-refractivity contribution in [1.82, 2.24) is 5.32 Å². The Morgan fingerprint density at radius 3 is 1.94 bits per heavy atom. The van der Waals surface area contributed by atoms with Crippen LogP contribution < -0.4 is 5.32 Å². The molecule has 0 aromatic carbocycles. The zero-order valence-electron chi connectivity index (χ0n) is 12.7. The van der Waals surface area contributed by atoms with Crippen LogP contribution in [0, 0.1) is 11.3 Å². The minimum Gasteiger partial charge on any atom is -0.459 e. The molecule has 3 heteroatoms. The van der Waals surface area contributed by atoms with Gasteiger partial charge in [-0.1, -0.05) is 27.7 Å². The summed E-state index contributed by atoms with van der Waals surface area (Å²) in [6, 6.07) is -0.257. The molecule has 0 amide bonds. The summed E-state index contributed by atoms with van der Waals surface area (Å²) in [7, 11) is 0. The van der Waals surface area contributed by atoms with Crippen LogP contribution in [0.1, 0.15) is 55.4 Å². The van der Waals surface area contributed by atoms with Crippen molar-refractivity contribution in [2.75, 3.05) is 6.54 Å². The molecule has 0 spiro atoms. The van der Waals surface area contributed by atoms with Gasteiger partial charge in [-0.15, -0.1) is 0 Å². The Labute approximate surface area is 106 Å². The van der Waals surface area contributed by atoms with E-state index in [1.165, 1.54) is 0 Å². The van der Waals surface area contributed by atoms with Crippen molar-refractivity contribution in [3.05, 3.63) is 0 Å². The normalized spacial score (nSPS) is 14.9. The third-order valence-electron chi connectivity index (χ3n) is 3.19. The van der Waals surface area contributed by atoms with Crippen molar-refractivity contribution in [2.45, 2.75) is 67.0 Å². The van der Waals surface area contributed by atoms with Crippen LogP contribution >= 0.6 is 0 Å². The number of hydrogen-bond acceptors (Lipinski definition) is 3. The number of esters is 1. The molecule has 0 saturated carbocycles. The molecule has 0 aliphatic carbocycles. The van der Waals surface area contributed by atoms with Gasteiger partial charge in [-0.2, -0.15) is 0 Å². The molecule has 1 atom stereocenters. The lowest BCUT2D eigenvalue weighted by molar-refractivity contribution is -0.157. The minimum atomic E-state index is -0.416. The average Bonchev–Trinajstić information content (AvgIpc) is 2.11. The van der Waals surface area contributed by atoms with E-state index in [1.807, 2.05) is 27.7 Å². The first-order valence-corrected chi connectivity index (χ1v) is 6.42. The number of rotatable bonds is 5. The molecule has 0 aromatic heterocycles. The third-order valence-corrected chi connectivity index (χ3v) is 3.19. The second kappa shape index (κ2) is 5.85. The molecule has 1 unspecified atom stereocenters. The maximum absolute atomic E-state index is 11.8. The van der Waals surface area contributed by atoms with Crippen LogP contribution in [-0.4, -0.2) is 24.2 Å². The van der Waals surface area contributed by atoms with Gasteiger partial charge in [-0.25, -0.2) is 0 Å². The fourth-order valence-corrected chi connectivity index (χ4v) is 1.09. The van der Waals surface area contributed by atoms with Gasteiger partial charge in [0.15, 0.2) is 0 Å². The lowest BCUT2D eigenvalue weighted by Gasteiger charge is -2.31. The highest BCUT2D eigenvalue weighted by atomic mass is 16.6. The number of carbonyl (C=O) groups excluding carboxylic acids is 1. The summed E-state index contributed by atoms with van der Waals surface area (Å²) < 4.78 is 5.32. The lowest BCUT2D eigenvalue weighted by atomic mass is 9.81. The Balaban J connectivity index is 4.19. The molecule has 0 aliphatic rings. The summed E-state index contributed by atoms with van der Waals surface area (Å²) in [5.41, 5.74) is -0.239. The maximum atomic E-state index is 11.8. The molecule has 0 heterocycles. The van der Waals surface area contributed by atoms with E-state index in [0.717, 1.165) is 6.54 Å². The van der Waals surface area contributed by atoms with E-state index in [1.54, 1.807) is 0 Å². The Kier molecular flexibility index (Phi) is 5.66. The summed E-state index contributed by atoms with van der Waals surface area (Å²) in [6.07, 6.45) is 0. The summed E-state index contributed by atoms with van der Waals surface area (Å²) >= 11 is 0. The van der Waals surface area contributed by atoms with Gasteiger partial charge < -0.3 is 10.1 Å². The Morgan fingerprint density at radius 2 is 1.59 bits per heavy atom. The van der Waals surface area contributed by atoms with Gasteiger partial charge in [-0.3, -0.25) is 4.79 Å². The van der Waals surface area contributed by atoms with Crippen LogP contribution in [0.3, 0.4) is 0 Å². The number of carbonyl (C=O) groups is 1. The summed E-state index contributed by atoms with van der Waals surface area (Å²) in [5.74, 6) is 0.387. The molecule has 1 N–H and O–H groups in total. The quantitative estimate of drug-likeness (QED) is 0.754. The topological polar surface area (TPSA) is 38.3 Å². The first-order chi connectivity index (χ1) is 7.46. The highest BCUT2D eigenvalue weighted by molar-refractivity contribution is 5.75. The van der Waals surface area contributed by atoms with Crippen molar-refractivity contribution in [3.63, 3.8) is 0 Å². The second-order valence-electron chi connectivity index (χ2n) is 6.78. The van der Waals surface area contributed by atoms with E-state index in [-0.39, 0.29) is 17.4 Å². The highest BCUT2D eigenvalue weighted by Crippen LogP contribution is 2.24. The number of nitrogens with one attached hydrogen (secondary N) is 1. The minimum absolute atomic E-state index is 0.177. The predicted molar refractivity (Wildman–Crippen MR) is 71.9 cm³/mol. The Bertz CT molecular complexity index is 251. The Hall–Kier alpha value is -0.570. The van der Waals surface area contributed by atoms with Crippen molar-refractivity contribution in [1.29, 1.82) is 0 Å². The van der Waals surface area contributed by atoms with Gasteiger partial charge >= 0.3 is 5.97 Å². The first kappa shape index (κ1) is 16.4. The van der Waals surface area contributed by atoms with E-state index < -0.39 is 5.60 Å². The second-order valence-corrected chi connectivity index (χ2v) is 6.78. The molecule has 3 nitrogen and oxygen atoms in total. The monoisotopic (exact) mass is 243 g/mol. The van der Waals surface area contributed by atoms with Gasteiger partial charge in [0.05, 0.1) is 0 Å². The smallest absolute Gasteiger partial charge is 0.323 e. The summed E-state index contributed by atoms with van der Waals surface area (Å²) in [4.78, 5) is 11.8. The van der Waals surface area contributed by atoms with Crippen molar-refractivity contribution in [3.8, 4) is 0 Å². The van der Waals surface area contributed by atoms with E-state index >= 15 is 0 Å². The highest BCUT2D eigenvalue weighted by Gasteiger charge is 2.26. The number of hydrogen-bond donors (Lipinski definition) is 1. The summed E-state index contributed by atoms with van der Waals surface area (Å²) in [5, 5.41) is 3.25. The first-order valence-electron chi connectivity index (χ1n) is 6.42. The molecule has 0 rings (SSSR count). The molecule has 17 heavy (non-hydrogen) atoms. The Morgan fingerprint density at radius 1 is 1.12 bits per heavy atom. The van der Waals surface area contributed by atoms with Crippen molar-refractivity contribution >= 4 is 5.97 Å². The van der Waals surface area contributed by atoms with Crippen LogP contribution in [0.25, 0.3) is 0 Å². The third kappa shape index (κ3) is 6.67. The zero-order chi connectivity index (χ0) is 13.9. The maximum Gasteiger partial charge on any atom is 0.323 e. The molecule has 0 aromatic rings. The molecule has 102 valence electrons. The van der Waals surface area contributed by atoms with Crippen LogP contribution in [0.5, 0.6) is 0 Å². The zero-order valence-corrected chi connectivity index (χ0v) is 12.7. The fraction of sp³-hybridized carbons (Fsp3) is 0.929. The van der Waals surface area contributed by atoms with E-state index in [2.05, 4.69) is 33.0 Å². The predicted octanol–water partition coefficient (Wildman–Crippen LogP) is 2.99. The van der Waals surface area contributed by atoms with Gasteiger partial charge in [0.2, 0.25) is 0 Å². The fourth-order valence-electron chi connectivity index (χ4n) is 1.09. The summed E-state index contributed by atoms with van der Waals surface area (Å²) in [6.45, 7) is 17.1. The molecular weight excluding hydrogens is 214 g/mol. The molecule has 0 aliphatic heterocycles. The SMILES string of the molecule is CC(NCC(C)(C)C(C)C)C(=O)OC(C)(C)C. The van der Waals surface area contributed by atoms with E-state index in [0.29, 0.717) is 5.92 Å². The average molecular weight is 243 g/mol. The van der Waals surface area contributed by atoms with Gasteiger partial charge in [0, 0.05) is 6.54 Å². The lowest BCUT2D eigenvalue weighted by Crippen LogP contribution is -2.44. The van der Waals surface area contributed by atoms with Crippen LogP contribution in [0.15, 0.2) is 0 Å². The standard InChI is InChI=1S/C14H29NO2/c1-10(2)14(7,8)9-15-11(3)12(16)17-13(4,5)6/h10-11,15H,9H2,1-8H3. The van der Waals surface area contributed by atoms with E-state index in [4.69, 9.17) is 4.74 Å². The van der Waals surface area contributed by atoms with Crippen LogP contribution in [0.2, 0.25) is 0 Å². The van der Waals surface area contributed by atoms with Crippen molar-refractivity contribution < 1.29 is 9.53 Å². The molecule has 0 radical (unpaired) electrons. The van der Waals surface area contributed by atoms with E-state index in [9.17, 15) is 4.79 Å². The van der Waals surface area contributed by atoms with Gasteiger partial charge in [0.25, 0.3) is 0 Å². The molecule has 0 fully saturated rings. The molecule has 0 bridgehead atoms. The van der Waals surface area contributed by atoms with Crippen molar-refractivity contribution in [2.24, 2.45) is 11.3 Å². The number of ether oxygens (including phenoxy) is 1. The van der Waals surface area contributed by atoms with Crippen LogP contribution in [-0.2, 0) is 9.53 Å². The van der Waals surface area contributed by atoms with Gasteiger partial charge in [-0.05, 0) is 39.0 Å².